The van der Waals surface area contributed by atoms with Crippen LogP contribution in [-0.2, 0) is 4.74 Å². The zero-order valence-corrected chi connectivity index (χ0v) is 5.96. The van der Waals surface area contributed by atoms with E-state index in [1.807, 2.05) is 0 Å². The number of amides is 2. The zero-order valence-electron chi connectivity index (χ0n) is 5.96. The minimum atomic E-state index is -0.466. The van der Waals surface area contributed by atoms with Crippen LogP contribution in [0.5, 0.6) is 0 Å². The van der Waals surface area contributed by atoms with Gasteiger partial charge in [0.2, 0.25) is 0 Å². The molecule has 10 heavy (non-hydrogen) atoms. The number of carbonyl (C=O) groups excluding carboxylic acids is 1. The highest BCUT2D eigenvalue weighted by atomic mass is 16.5. The topological polar surface area (TPSA) is 64.3 Å². The van der Waals surface area contributed by atoms with Crippen molar-refractivity contribution in [3.63, 3.8) is 0 Å². The third-order valence-corrected chi connectivity index (χ3v) is 1.84. The number of hydrogen-bond donors (Lipinski definition) is 2. The van der Waals surface area contributed by atoms with Crippen LogP contribution in [0.4, 0.5) is 4.79 Å². The molecule has 1 aliphatic carbocycles. The molecule has 0 heterocycles. The van der Waals surface area contributed by atoms with Gasteiger partial charge in [0.05, 0.1) is 12.1 Å². The predicted octanol–water partition coefficient (Wildman–Crippen LogP) is -0.168. The van der Waals surface area contributed by atoms with E-state index in [-0.39, 0.29) is 12.1 Å². The minimum absolute atomic E-state index is 0.141. The normalized spacial score (nSPS) is 30.9. The highest BCUT2D eigenvalue weighted by Crippen LogP contribution is 2.21. The van der Waals surface area contributed by atoms with Crippen LogP contribution >= 0.6 is 0 Å². The summed E-state index contributed by atoms with van der Waals surface area (Å²) < 4.78 is 5.03. The SMILES string of the molecule is CO[C@@H]1CC[C@H]1NC(N)=O. The van der Waals surface area contributed by atoms with Gasteiger partial charge in [-0.3, -0.25) is 0 Å². The van der Waals surface area contributed by atoms with Gasteiger partial charge in [0.25, 0.3) is 0 Å². The number of ether oxygens (including phenoxy) is 1. The lowest BCUT2D eigenvalue weighted by atomic mass is 9.89. The van der Waals surface area contributed by atoms with Crippen molar-refractivity contribution in [2.45, 2.75) is 25.0 Å². The van der Waals surface area contributed by atoms with Gasteiger partial charge in [-0.25, -0.2) is 4.79 Å². The van der Waals surface area contributed by atoms with E-state index < -0.39 is 6.03 Å². The summed E-state index contributed by atoms with van der Waals surface area (Å²) >= 11 is 0. The Balaban J connectivity index is 2.23. The molecule has 2 amide bonds. The van der Waals surface area contributed by atoms with Crippen molar-refractivity contribution in [2.75, 3.05) is 7.11 Å². The fourth-order valence-electron chi connectivity index (χ4n) is 1.10. The maximum absolute atomic E-state index is 10.3. The van der Waals surface area contributed by atoms with Gasteiger partial charge in [-0.05, 0) is 12.8 Å². The highest BCUT2D eigenvalue weighted by Gasteiger charge is 2.31. The highest BCUT2D eigenvalue weighted by molar-refractivity contribution is 5.72. The maximum Gasteiger partial charge on any atom is 0.312 e. The van der Waals surface area contributed by atoms with Crippen molar-refractivity contribution >= 4 is 6.03 Å². The summed E-state index contributed by atoms with van der Waals surface area (Å²) in [6.45, 7) is 0. The molecule has 0 radical (unpaired) electrons. The molecular weight excluding hydrogens is 132 g/mol. The van der Waals surface area contributed by atoms with E-state index in [0.29, 0.717) is 0 Å². The number of rotatable bonds is 2. The number of carbonyl (C=O) groups is 1. The van der Waals surface area contributed by atoms with Gasteiger partial charge in [-0.15, -0.1) is 0 Å². The molecule has 2 atom stereocenters. The first-order chi connectivity index (χ1) is 4.74. The Labute approximate surface area is 59.7 Å². The van der Waals surface area contributed by atoms with Crippen molar-refractivity contribution < 1.29 is 9.53 Å². The number of urea groups is 1. The molecule has 3 N–H and O–H groups in total. The van der Waals surface area contributed by atoms with Gasteiger partial charge in [-0.2, -0.15) is 0 Å². The van der Waals surface area contributed by atoms with Crippen LogP contribution in [0.15, 0.2) is 0 Å². The van der Waals surface area contributed by atoms with E-state index in [4.69, 9.17) is 10.5 Å². The molecule has 0 aromatic heterocycles. The van der Waals surface area contributed by atoms with Crippen LogP contribution in [0.25, 0.3) is 0 Å². The van der Waals surface area contributed by atoms with Gasteiger partial charge < -0.3 is 15.8 Å². The van der Waals surface area contributed by atoms with Gasteiger partial charge in [0.15, 0.2) is 0 Å². The predicted molar refractivity (Wildman–Crippen MR) is 36.5 cm³/mol. The fourth-order valence-corrected chi connectivity index (χ4v) is 1.10. The molecule has 0 aliphatic heterocycles. The van der Waals surface area contributed by atoms with Gasteiger partial charge in [0.1, 0.15) is 0 Å². The average molecular weight is 144 g/mol. The third kappa shape index (κ3) is 1.39. The van der Waals surface area contributed by atoms with Crippen molar-refractivity contribution in [3.8, 4) is 0 Å². The molecule has 0 unspecified atom stereocenters. The molecule has 58 valence electrons. The molecule has 4 heteroatoms. The van der Waals surface area contributed by atoms with E-state index in [0.717, 1.165) is 12.8 Å². The lowest BCUT2D eigenvalue weighted by Crippen LogP contribution is -2.52. The monoisotopic (exact) mass is 144 g/mol. The first-order valence-electron chi connectivity index (χ1n) is 3.33. The summed E-state index contributed by atoms with van der Waals surface area (Å²) in [4.78, 5) is 10.3. The molecule has 0 bridgehead atoms. The third-order valence-electron chi connectivity index (χ3n) is 1.84. The lowest BCUT2D eigenvalue weighted by molar-refractivity contribution is 0.0113. The van der Waals surface area contributed by atoms with Crippen LogP contribution in [0.3, 0.4) is 0 Å². The van der Waals surface area contributed by atoms with E-state index >= 15 is 0 Å². The Hall–Kier alpha value is -0.770. The summed E-state index contributed by atoms with van der Waals surface area (Å²) in [7, 11) is 1.64. The lowest BCUT2D eigenvalue weighted by Gasteiger charge is -2.35. The van der Waals surface area contributed by atoms with Crippen LogP contribution < -0.4 is 11.1 Å². The van der Waals surface area contributed by atoms with Crippen molar-refractivity contribution in [3.05, 3.63) is 0 Å². The molecule has 1 saturated carbocycles. The first kappa shape index (κ1) is 7.34. The first-order valence-corrected chi connectivity index (χ1v) is 3.33. The molecule has 0 saturated heterocycles. The second kappa shape index (κ2) is 2.88. The number of nitrogens with two attached hydrogens (primary N) is 1. The number of methoxy groups -OCH3 is 1. The van der Waals surface area contributed by atoms with Gasteiger partial charge >= 0.3 is 6.03 Å². The van der Waals surface area contributed by atoms with Crippen LogP contribution in [-0.4, -0.2) is 25.3 Å². The number of primary amides is 1. The molecular formula is C6H12N2O2. The van der Waals surface area contributed by atoms with Crippen molar-refractivity contribution in [1.82, 2.24) is 5.32 Å². The second-order valence-electron chi connectivity index (χ2n) is 2.47. The summed E-state index contributed by atoms with van der Waals surface area (Å²) in [5, 5.41) is 2.59. The summed E-state index contributed by atoms with van der Waals surface area (Å²) in [5.41, 5.74) is 4.91. The second-order valence-corrected chi connectivity index (χ2v) is 2.47. The average Bonchev–Trinajstić information content (AvgIpc) is 1.82. The van der Waals surface area contributed by atoms with Crippen molar-refractivity contribution in [1.29, 1.82) is 0 Å². The van der Waals surface area contributed by atoms with E-state index in [9.17, 15) is 4.79 Å². The van der Waals surface area contributed by atoms with Gasteiger partial charge in [0, 0.05) is 7.11 Å². The Morgan fingerprint density at radius 2 is 2.40 bits per heavy atom. The molecule has 1 rings (SSSR count). The number of hydrogen-bond acceptors (Lipinski definition) is 2. The largest absolute Gasteiger partial charge is 0.379 e. The quantitative estimate of drug-likeness (QED) is 0.565. The summed E-state index contributed by atoms with van der Waals surface area (Å²) in [6.07, 6.45) is 2.16. The molecule has 0 aromatic rings. The smallest absolute Gasteiger partial charge is 0.312 e. The van der Waals surface area contributed by atoms with Gasteiger partial charge in [-0.1, -0.05) is 0 Å². The Kier molecular flexibility index (Phi) is 2.11. The maximum atomic E-state index is 10.3. The van der Waals surface area contributed by atoms with Crippen LogP contribution in [0.2, 0.25) is 0 Å². The van der Waals surface area contributed by atoms with E-state index in [1.165, 1.54) is 0 Å². The van der Waals surface area contributed by atoms with E-state index in [1.54, 1.807) is 7.11 Å². The molecule has 0 aromatic carbocycles. The Morgan fingerprint density at radius 3 is 2.70 bits per heavy atom. The molecule has 0 spiro atoms. The Morgan fingerprint density at radius 1 is 1.70 bits per heavy atom. The fraction of sp³-hybridized carbons (Fsp3) is 0.833. The minimum Gasteiger partial charge on any atom is -0.379 e. The molecule has 1 fully saturated rings. The van der Waals surface area contributed by atoms with Crippen molar-refractivity contribution in [2.24, 2.45) is 5.73 Å². The van der Waals surface area contributed by atoms with Crippen LogP contribution in [0.1, 0.15) is 12.8 Å². The molecule has 1 aliphatic rings. The summed E-state index contributed by atoms with van der Waals surface area (Å²) in [6, 6.07) is -0.325. The summed E-state index contributed by atoms with van der Waals surface area (Å²) in [5.74, 6) is 0. The number of nitrogens with one attached hydrogen (secondary N) is 1. The van der Waals surface area contributed by atoms with E-state index in [2.05, 4.69) is 5.32 Å². The Bertz CT molecular complexity index is 136. The molecule has 4 nitrogen and oxygen atoms in total. The standard InChI is InChI=1S/C6H12N2O2/c1-10-5-3-2-4(5)8-6(7)9/h4-5H,2-3H2,1H3,(H3,7,8,9)/t4-,5-/m1/s1. The zero-order chi connectivity index (χ0) is 7.56. The van der Waals surface area contributed by atoms with Crippen LogP contribution in [0, 0.1) is 0 Å².